The highest BCUT2D eigenvalue weighted by Crippen LogP contribution is 2.29. The number of nitrogens with one attached hydrogen (secondary N) is 1. The molecule has 1 heterocycles. The first-order valence-electron chi connectivity index (χ1n) is 8.94. The van der Waals surface area contributed by atoms with Crippen molar-refractivity contribution < 1.29 is 4.39 Å². The molecule has 0 unspecified atom stereocenters. The second-order valence-corrected chi connectivity index (χ2v) is 6.38. The average Bonchev–Trinajstić information content (AvgIpc) is 2.71. The molecular formula is C20H23FN6O. The molecule has 3 aromatic rings. The number of aryl methyl sites for hydroxylation is 1. The lowest BCUT2D eigenvalue weighted by Crippen LogP contribution is -2.27. The zero-order chi connectivity index (χ0) is 20.3. The van der Waals surface area contributed by atoms with Gasteiger partial charge in [-0.15, -0.1) is 0 Å². The van der Waals surface area contributed by atoms with Crippen LogP contribution < -0.4 is 28.1 Å². The monoisotopic (exact) mass is 382 g/mol. The summed E-state index contributed by atoms with van der Waals surface area (Å²) in [4.78, 5) is 12.8. The molecule has 0 bridgehead atoms. The molecule has 3 rings (SSSR count). The van der Waals surface area contributed by atoms with Crippen LogP contribution in [0.15, 0.2) is 52.5 Å². The van der Waals surface area contributed by atoms with Gasteiger partial charge in [-0.25, -0.2) is 4.39 Å². The zero-order valence-corrected chi connectivity index (χ0v) is 15.6. The molecule has 0 aliphatic heterocycles. The van der Waals surface area contributed by atoms with Crippen LogP contribution in [0.4, 0.5) is 15.8 Å². The molecule has 7 nitrogen and oxygen atoms in total. The summed E-state index contributed by atoms with van der Waals surface area (Å²) < 4.78 is 16.6. The Hall–Kier alpha value is -3.55. The highest BCUT2D eigenvalue weighted by molar-refractivity contribution is 6.03. The number of nitrogens with two attached hydrogens (primary N) is 3. The van der Waals surface area contributed by atoms with E-state index in [1.165, 1.54) is 0 Å². The van der Waals surface area contributed by atoms with E-state index < -0.39 is 11.2 Å². The molecule has 2 aromatic carbocycles. The van der Waals surface area contributed by atoms with Crippen molar-refractivity contribution in [3.05, 3.63) is 69.8 Å². The van der Waals surface area contributed by atoms with Crippen molar-refractivity contribution in [3.63, 3.8) is 0 Å². The lowest BCUT2D eigenvalue weighted by Gasteiger charge is -2.16. The average molecular weight is 382 g/mol. The van der Waals surface area contributed by atoms with Gasteiger partial charge in [0.2, 0.25) is 5.43 Å². The fraction of sp³-hybridized carbons (Fsp3) is 0.200. The molecule has 0 saturated carbocycles. The van der Waals surface area contributed by atoms with Gasteiger partial charge in [0.25, 0.3) is 0 Å². The van der Waals surface area contributed by atoms with Crippen molar-refractivity contribution in [2.24, 2.45) is 16.7 Å². The van der Waals surface area contributed by atoms with Crippen LogP contribution in [0.2, 0.25) is 0 Å². The Morgan fingerprint density at radius 3 is 2.64 bits per heavy atom. The number of benzene rings is 2. The van der Waals surface area contributed by atoms with Crippen molar-refractivity contribution in [1.82, 2.24) is 4.57 Å². The third kappa shape index (κ3) is 3.48. The highest BCUT2D eigenvalue weighted by Gasteiger charge is 2.19. The van der Waals surface area contributed by atoms with E-state index in [-0.39, 0.29) is 28.2 Å². The summed E-state index contributed by atoms with van der Waals surface area (Å²) >= 11 is 0. The molecule has 0 amide bonds. The fourth-order valence-electron chi connectivity index (χ4n) is 3.18. The van der Waals surface area contributed by atoms with Crippen molar-refractivity contribution in [2.75, 3.05) is 17.6 Å². The van der Waals surface area contributed by atoms with Gasteiger partial charge in [-0.2, -0.15) is 5.10 Å². The second-order valence-electron chi connectivity index (χ2n) is 6.38. The first-order chi connectivity index (χ1) is 13.5. The first-order valence-corrected chi connectivity index (χ1v) is 8.94. The summed E-state index contributed by atoms with van der Waals surface area (Å²) in [5, 5.41) is 6.52. The Morgan fingerprint density at radius 1 is 1.29 bits per heavy atom. The van der Waals surface area contributed by atoms with E-state index in [4.69, 9.17) is 17.3 Å². The van der Waals surface area contributed by atoms with E-state index >= 15 is 0 Å². The molecule has 0 fully saturated rings. The molecule has 28 heavy (non-hydrogen) atoms. The van der Waals surface area contributed by atoms with Gasteiger partial charge in [-0.05, 0) is 25.0 Å². The third-order valence-corrected chi connectivity index (χ3v) is 4.67. The summed E-state index contributed by atoms with van der Waals surface area (Å²) in [5.74, 6) is 4.41. The summed E-state index contributed by atoms with van der Waals surface area (Å²) in [7, 11) is 0. The van der Waals surface area contributed by atoms with Gasteiger partial charge >= 0.3 is 0 Å². The van der Waals surface area contributed by atoms with Crippen LogP contribution in [-0.2, 0) is 13.0 Å². The maximum absolute atomic E-state index is 14.9. The topological polar surface area (TPSA) is 124 Å². The Balaban J connectivity index is 2.04. The second kappa shape index (κ2) is 7.99. The van der Waals surface area contributed by atoms with Crippen LogP contribution in [0.1, 0.15) is 18.1 Å². The van der Waals surface area contributed by atoms with Crippen LogP contribution in [-0.4, -0.2) is 16.9 Å². The van der Waals surface area contributed by atoms with E-state index in [0.717, 1.165) is 12.0 Å². The number of fused-ring (bicyclic) bond motifs is 1. The Kier molecular flexibility index (Phi) is 5.49. The van der Waals surface area contributed by atoms with E-state index in [1.807, 2.05) is 37.3 Å². The minimum atomic E-state index is -0.666. The van der Waals surface area contributed by atoms with Crippen LogP contribution in [0.3, 0.4) is 0 Å². The number of amidine groups is 1. The Morgan fingerprint density at radius 2 is 2.00 bits per heavy atom. The van der Waals surface area contributed by atoms with Gasteiger partial charge in [0.15, 0.2) is 11.7 Å². The molecule has 0 aliphatic carbocycles. The lowest BCUT2D eigenvalue weighted by atomic mass is 10.1. The zero-order valence-electron chi connectivity index (χ0n) is 15.6. The molecular weight excluding hydrogens is 359 g/mol. The predicted molar refractivity (Wildman–Crippen MR) is 112 cm³/mol. The van der Waals surface area contributed by atoms with Crippen molar-refractivity contribution >= 4 is 28.1 Å². The number of nitrogen functional groups attached to an aromatic ring is 1. The largest absolute Gasteiger partial charge is 0.396 e. The summed E-state index contributed by atoms with van der Waals surface area (Å²) in [6.07, 6.45) is 2.28. The maximum atomic E-state index is 14.9. The number of anilines is 2. The van der Waals surface area contributed by atoms with Gasteiger partial charge in [0, 0.05) is 19.3 Å². The van der Waals surface area contributed by atoms with Gasteiger partial charge in [-0.1, -0.05) is 30.3 Å². The molecule has 0 saturated heterocycles. The normalized spacial score (nSPS) is 11.7. The number of hydrazone groups is 1. The third-order valence-electron chi connectivity index (χ3n) is 4.67. The smallest absolute Gasteiger partial charge is 0.202 e. The first kappa shape index (κ1) is 19.2. The number of halogens is 1. The van der Waals surface area contributed by atoms with Crippen molar-refractivity contribution in [2.45, 2.75) is 19.9 Å². The van der Waals surface area contributed by atoms with E-state index in [9.17, 15) is 9.18 Å². The maximum Gasteiger partial charge on any atom is 0.202 e. The molecule has 8 heteroatoms. The van der Waals surface area contributed by atoms with Crippen LogP contribution >= 0.6 is 0 Å². The predicted octanol–water partition coefficient (Wildman–Crippen LogP) is 1.98. The summed E-state index contributed by atoms with van der Waals surface area (Å²) in [5.41, 5.74) is 13.0. The minimum absolute atomic E-state index is 0.0667. The van der Waals surface area contributed by atoms with E-state index in [0.29, 0.717) is 18.6 Å². The van der Waals surface area contributed by atoms with Gasteiger partial charge in [-0.3, -0.25) is 4.79 Å². The quantitative estimate of drug-likeness (QED) is 0.171. The van der Waals surface area contributed by atoms with Crippen molar-refractivity contribution in [3.8, 4) is 0 Å². The Bertz CT molecular complexity index is 1090. The molecule has 1 aromatic heterocycles. The van der Waals surface area contributed by atoms with Crippen LogP contribution in [0, 0.1) is 5.82 Å². The van der Waals surface area contributed by atoms with E-state index in [2.05, 4.69) is 10.4 Å². The lowest BCUT2D eigenvalue weighted by molar-refractivity contribution is 0.635. The number of nitrogens with zero attached hydrogens (tertiary/aromatic N) is 2. The number of hydrogen-bond acceptors (Lipinski definition) is 5. The van der Waals surface area contributed by atoms with Gasteiger partial charge < -0.3 is 27.2 Å². The molecule has 0 radical (unpaired) electrons. The molecule has 146 valence electrons. The van der Waals surface area contributed by atoms with Crippen LogP contribution in [0.25, 0.3) is 10.9 Å². The number of pyridine rings is 1. The molecule has 0 aliphatic rings. The summed E-state index contributed by atoms with van der Waals surface area (Å²) in [6.45, 7) is 2.94. The fourth-order valence-corrected chi connectivity index (χ4v) is 3.18. The van der Waals surface area contributed by atoms with E-state index in [1.54, 1.807) is 16.8 Å². The Labute approximate surface area is 161 Å². The minimum Gasteiger partial charge on any atom is -0.396 e. The van der Waals surface area contributed by atoms with Gasteiger partial charge in [0.1, 0.15) is 0 Å². The molecule has 7 N–H and O–H groups in total. The van der Waals surface area contributed by atoms with Gasteiger partial charge in [0.05, 0.1) is 27.8 Å². The standard InChI is InChI=1S/C20H23FN6O/c1-2-27-11-13(20(23)26-24)19(28)16-15(27)10-14(17(21)18(16)22)25-9-8-12-6-4-3-5-7-12/h3-7,10-11,25H,2,8-9,22,24H2,1H3,(H2,23,26). The molecule has 0 spiro atoms. The number of rotatable bonds is 6. The molecule has 0 atom stereocenters. The SMILES string of the molecule is CCn1cc(/C(N)=N/N)c(=O)c2c(N)c(F)c(NCCc3ccccc3)cc21. The van der Waals surface area contributed by atoms with Crippen molar-refractivity contribution in [1.29, 1.82) is 0 Å². The van der Waals surface area contributed by atoms with Crippen LogP contribution in [0.5, 0.6) is 0 Å². The number of hydrogen-bond donors (Lipinski definition) is 4. The summed E-state index contributed by atoms with van der Waals surface area (Å²) in [6, 6.07) is 11.5. The highest BCUT2D eigenvalue weighted by atomic mass is 19.1. The number of aromatic nitrogens is 1.